The van der Waals surface area contributed by atoms with Gasteiger partial charge in [-0.1, -0.05) is 0 Å². The molecule has 124 valence electrons. The third-order valence-corrected chi connectivity index (χ3v) is 4.86. The molecule has 9 nitrogen and oxygen atoms in total. The zero-order chi connectivity index (χ0) is 17.5. The summed E-state index contributed by atoms with van der Waals surface area (Å²) in [5.74, 6) is -0.678. The Hall–Kier alpha value is -3.14. The molecule has 0 atom stereocenters. The lowest BCUT2D eigenvalue weighted by atomic mass is 10.2. The first kappa shape index (κ1) is 15.7. The van der Waals surface area contributed by atoms with E-state index in [1.165, 1.54) is 36.4 Å². The molecular formula is C14H11N3O6S. The maximum Gasteiger partial charge on any atom is 0.417 e. The number of rotatable bonds is 4. The lowest BCUT2D eigenvalue weighted by Gasteiger charge is -2.10. The lowest BCUT2D eigenvalue weighted by Crippen LogP contribution is -2.14. The van der Waals surface area contributed by atoms with Gasteiger partial charge in [-0.2, -0.15) is 0 Å². The molecule has 0 radical (unpaired) electrons. The molecule has 1 aromatic heterocycles. The number of aromatic nitrogens is 1. The van der Waals surface area contributed by atoms with Crippen molar-refractivity contribution in [2.24, 2.45) is 0 Å². The number of sulfonamides is 1. The second kappa shape index (κ2) is 5.49. The Morgan fingerprint density at radius 2 is 1.88 bits per heavy atom. The summed E-state index contributed by atoms with van der Waals surface area (Å²) in [5, 5.41) is 10.6. The smallest absolute Gasteiger partial charge is 0.408 e. The molecule has 0 aliphatic heterocycles. The molecule has 0 aliphatic carbocycles. The van der Waals surface area contributed by atoms with Crippen molar-refractivity contribution in [1.82, 2.24) is 4.98 Å². The Bertz CT molecular complexity index is 1100. The minimum absolute atomic E-state index is 0.0592. The van der Waals surface area contributed by atoms with Gasteiger partial charge in [0.1, 0.15) is 0 Å². The van der Waals surface area contributed by atoms with Crippen molar-refractivity contribution in [2.45, 2.75) is 11.8 Å². The van der Waals surface area contributed by atoms with Crippen LogP contribution in [0.2, 0.25) is 0 Å². The first-order valence-electron chi connectivity index (χ1n) is 6.67. The predicted octanol–water partition coefficient (Wildman–Crippen LogP) is 2.14. The number of oxazole rings is 1. The Morgan fingerprint density at radius 3 is 2.50 bits per heavy atom. The standard InChI is InChI=1S/C14H11N3O6S/c1-8-6-11-12(23-14(18)15-11)7-13(8)24(21,22)16-9-2-4-10(5-3-9)17(19)20/h2-7,16H,1H3,(H,15,18). The van der Waals surface area contributed by atoms with E-state index in [4.69, 9.17) is 4.42 Å². The molecule has 3 aromatic rings. The molecule has 0 fully saturated rings. The average Bonchev–Trinajstić information content (AvgIpc) is 2.85. The number of anilines is 1. The van der Waals surface area contributed by atoms with Gasteiger partial charge in [0.25, 0.3) is 15.7 Å². The minimum atomic E-state index is -3.96. The summed E-state index contributed by atoms with van der Waals surface area (Å²) in [6.07, 6.45) is 0. The molecule has 0 spiro atoms. The van der Waals surface area contributed by atoms with Crippen LogP contribution in [-0.2, 0) is 10.0 Å². The Balaban J connectivity index is 1.99. The molecule has 0 saturated carbocycles. The van der Waals surface area contributed by atoms with Gasteiger partial charge in [0.2, 0.25) is 0 Å². The maximum atomic E-state index is 12.5. The van der Waals surface area contributed by atoms with Crippen LogP contribution in [0.3, 0.4) is 0 Å². The molecule has 2 aromatic carbocycles. The topological polar surface area (TPSA) is 135 Å². The van der Waals surface area contributed by atoms with E-state index in [9.17, 15) is 23.3 Å². The number of aromatic amines is 1. The van der Waals surface area contributed by atoms with E-state index < -0.39 is 20.7 Å². The van der Waals surface area contributed by atoms with Crippen LogP contribution in [-0.4, -0.2) is 18.3 Å². The molecule has 3 rings (SSSR count). The van der Waals surface area contributed by atoms with Gasteiger partial charge in [0.05, 0.1) is 15.3 Å². The fourth-order valence-corrected chi connectivity index (χ4v) is 3.54. The highest BCUT2D eigenvalue weighted by Crippen LogP contribution is 2.24. The van der Waals surface area contributed by atoms with Crippen molar-refractivity contribution in [1.29, 1.82) is 0 Å². The van der Waals surface area contributed by atoms with E-state index in [0.717, 1.165) is 0 Å². The second-order valence-corrected chi connectivity index (χ2v) is 6.69. The molecule has 0 amide bonds. The fraction of sp³-hybridized carbons (Fsp3) is 0.0714. The van der Waals surface area contributed by atoms with E-state index in [1.807, 2.05) is 0 Å². The number of hydrogen-bond acceptors (Lipinski definition) is 6. The van der Waals surface area contributed by atoms with Crippen LogP contribution in [0.4, 0.5) is 11.4 Å². The Labute approximate surface area is 135 Å². The van der Waals surface area contributed by atoms with Gasteiger partial charge < -0.3 is 4.42 Å². The molecule has 0 saturated heterocycles. The van der Waals surface area contributed by atoms with Gasteiger partial charge >= 0.3 is 5.76 Å². The number of H-pyrrole nitrogens is 1. The third kappa shape index (κ3) is 2.86. The second-order valence-electron chi connectivity index (χ2n) is 5.04. The summed E-state index contributed by atoms with van der Waals surface area (Å²) in [5.41, 5.74) is 0.954. The van der Waals surface area contributed by atoms with Crippen LogP contribution >= 0.6 is 0 Å². The molecule has 24 heavy (non-hydrogen) atoms. The quantitative estimate of drug-likeness (QED) is 0.547. The number of fused-ring (bicyclic) bond motifs is 1. The number of hydrogen-bond donors (Lipinski definition) is 2. The van der Waals surface area contributed by atoms with Crippen molar-refractivity contribution in [3.8, 4) is 0 Å². The molecule has 2 N–H and O–H groups in total. The van der Waals surface area contributed by atoms with E-state index in [1.54, 1.807) is 6.92 Å². The van der Waals surface area contributed by atoms with Crippen LogP contribution in [0, 0.1) is 17.0 Å². The number of non-ortho nitro benzene ring substituents is 1. The number of nitrogens with zero attached hydrogens (tertiary/aromatic N) is 1. The van der Waals surface area contributed by atoms with Gasteiger partial charge in [-0.15, -0.1) is 0 Å². The van der Waals surface area contributed by atoms with Crippen LogP contribution in [0.15, 0.2) is 50.5 Å². The zero-order valence-electron chi connectivity index (χ0n) is 12.3. The summed E-state index contributed by atoms with van der Waals surface area (Å²) in [7, 11) is -3.96. The molecule has 0 aliphatic rings. The van der Waals surface area contributed by atoms with Crippen molar-refractivity contribution < 1.29 is 17.8 Å². The van der Waals surface area contributed by atoms with E-state index in [-0.39, 0.29) is 21.9 Å². The molecule has 1 heterocycles. The van der Waals surface area contributed by atoms with Crippen molar-refractivity contribution in [2.75, 3.05) is 4.72 Å². The van der Waals surface area contributed by atoms with Crippen LogP contribution in [0.25, 0.3) is 11.1 Å². The largest absolute Gasteiger partial charge is 0.417 e. The van der Waals surface area contributed by atoms with Crippen LogP contribution in [0.1, 0.15) is 5.56 Å². The third-order valence-electron chi connectivity index (χ3n) is 3.34. The predicted molar refractivity (Wildman–Crippen MR) is 85.5 cm³/mol. The van der Waals surface area contributed by atoms with Crippen molar-refractivity contribution in [3.05, 3.63) is 62.6 Å². The van der Waals surface area contributed by atoms with Gasteiger partial charge in [-0.05, 0) is 30.7 Å². The summed E-state index contributed by atoms with van der Waals surface area (Å²) >= 11 is 0. The van der Waals surface area contributed by atoms with Gasteiger partial charge in [-0.3, -0.25) is 19.8 Å². The van der Waals surface area contributed by atoms with E-state index in [2.05, 4.69) is 9.71 Å². The van der Waals surface area contributed by atoms with Crippen LogP contribution in [0.5, 0.6) is 0 Å². The number of nitro groups is 1. The first-order chi connectivity index (χ1) is 11.3. The monoisotopic (exact) mass is 349 g/mol. The Kier molecular flexibility index (Phi) is 3.60. The zero-order valence-corrected chi connectivity index (χ0v) is 13.1. The fourth-order valence-electron chi connectivity index (χ4n) is 2.24. The summed E-state index contributed by atoms with van der Waals surface area (Å²) in [6.45, 7) is 1.58. The van der Waals surface area contributed by atoms with Gasteiger partial charge in [0, 0.05) is 23.9 Å². The van der Waals surface area contributed by atoms with Gasteiger partial charge in [-0.25, -0.2) is 13.2 Å². The summed E-state index contributed by atoms with van der Waals surface area (Å²) in [4.78, 5) is 23.6. The number of aryl methyl sites for hydroxylation is 1. The lowest BCUT2D eigenvalue weighted by molar-refractivity contribution is -0.384. The highest BCUT2D eigenvalue weighted by atomic mass is 32.2. The van der Waals surface area contributed by atoms with E-state index in [0.29, 0.717) is 11.1 Å². The molecule has 0 unspecified atom stereocenters. The SMILES string of the molecule is Cc1cc2[nH]c(=O)oc2cc1S(=O)(=O)Nc1ccc([N+](=O)[O-])cc1. The van der Waals surface area contributed by atoms with Gasteiger partial charge in [0.15, 0.2) is 5.58 Å². The average molecular weight is 349 g/mol. The molecule has 10 heteroatoms. The van der Waals surface area contributed by atoms with Crippen molar-refractivity contribution in [3.63, 3.8) is 0 Å². The Morgan fingerprint density at radius 1 is 1.21 bits per heavy atom. The summed E-state index contributed by atoms with van der Waals surface area (Å²) < 4.78 is 32.2. The molecular weight excluding hydrogens is 338 g/mol. The van der Waals surface area contributed by atoms with Crippen molar-refractivity contribution >= 4 is 32.5 Å². The number of benzene rings is 2. The van der Waals surface area contributed by atoms with Crippen LogP contribution < -0.4 is 10.5 Å². The normalized spacial score (nSPS) is 11.5. The summed E-state index contributed by atoms with van der Waals surface area (Å²) in [6, 6.07) is 7.71. The molecule has 0 bridgehead atoms. The highest BCUT2D eigenvalue weighted by molar-refractivity contribution is 7.92. The maximum absolute atomic E-state index is 12.5. The first-order valence-corrected chi connectivity index (χ1v) is 8.15. The van der Waals surface area contributed by atoms with E-state index >= 15 is 0 Å². The minimum Gasteiger partial charge on any atom is -0.408 e. The number of nitro benzene ring substituents is 1. The highest BCUT2D eigenvalue weighted by Gasteiger charge is 2.19. The number of nitrogens with one attached hydrogen (secondary N) is 2.